The van der Waals surface area contributed by atoms with Crippen molar-refractivity contribution >= 4 is 17.8 Å². The molecule has 0 amide bonds. The van der Waals surface area contributed by atoms with Gasteiger partial charge in [-0.1, -0.05) is 0 Å². The molecule has 24 heavy (non-hydrogen) atoms. The molecule has 1 aromatic rings. The van der Waals surface area contributed by atoms with Crippen molar-refractivity contribution in [1.82, 2.24) is 15.0 Å². The monoisotopic (exact) mass is 372 g/mol. The molecule has 15 heteroatoms. The third-order valence-electron chi connectivity index (χ3n) is 1.98. The van der Waals surface area contributed by atoms with Gasteiger partial charge in [0.25, 0.3) is 0 Å². The zero-order valence-corrected chi connectivity index (χ0v) is 11.4. The molecule has 1 heterocycles. The lowest BCUT2D eigenvalue weighted by atomic mass is 10.6. The largest absolute Gasteiger partial charge is 0.405 e. The fraction of sp³-hybridized carbons (Fsp3) is 0.667. The Balaban J connectivity index is 2.91. The van der Waals surface area contributed by atoms with Gasteiger partial charge in [-0.3, -0.25) is 0 Å². The Labute approximate surface area is 127 Å². The van der Waals surface area contributed by atoms with Crippen molar-refractivity contribution in [2.75, 3.05) is 35.6 Å². The highest BCUT2D eigenvalue weighted by atomic mass is 19.4. The van der Waals surface area contributed by atoms with Crippen molar-refractivity contribution in [3.8, 4) is 0 Å². The van der Waals surface area contributed by atoms with Crippen molar-refractivity contribution in [3.63, 3.8) is 0 Å². The lowest BCUT2D eigenvalue weighted by Crippen LogP contribution is -2.26. The Morgan fingerprint density at radius 1 is 0.500 bits per heavy atom. The first-order chi connectivity index (χ1) is 10.7. The van der Waals surface area contributed by atoms with Gasteiger partial charge >= 0.3 is 18.5 Å². The molecule has 0 aliphatic heterocycles. The van der Waals surface area contributed by atoms with E-state index in [0.717, 1.165) is 0 Å². The van der Waals surface area contributed by atoms with Crippen LogP contribution < -0.4 is 16.0 Å². The first-order valence-corrected chi connectivity index (χ1v) is 5.91. The maximum absolute atomic E-state index is 12.1. The molecule has 138 valence electrons. The Kier molecular flexibility index (Phi) is 5.89. The van der Waals surface area contributed by atoms with E-state index in [1.165, 1.54) is 0 Å². The van der Waals surface area contributed by atoms with Crippen molar-refractivity contribution in [2.45, 2.75) is 18.5 Å². The number of hydrogen-bond donors (Lipinski definition) is 3. The maximum Gasteiger partial charge on any atom is 0.405 e. The summed E-state index contributed by atoms with van der Waals surface area (Å²) in [7, 11) is 0. The minimum Gasteiger partial charge on any atom is -0.345 e. The van der Waals surface area contributed by atoms with Crippen LogP contribution >= 0.6 is 0 Å². The molecule has 6 nitrogen and oxygen atoms in total. The average molecular weight is 372 g/mol. The summed E-state index contributed by atoms with van der Waals surface area (Å²) in [5, 5.41) is 4.89. The maximum atomic E-state index is 12.1. The Morgan fingerprint density at radius 3 is 0.875 bits per heavy atom. The summed E-state index contributed by atoms with van der Waals surface area (Å²) in [6, 6.07) is 0. The van der Waals surface area contributed by atoms with Crippen molar-refractivity contribution in [2.24, 2.45) is 0 Å². The molecule has 0 atom stereocenters. The van der Waals surface area contributed by atoms with Crippen molar-refractivity contribution in [3.05, 3.63) is 0 Å². The molecule has 0 aromatic carbocycles. The number of anilines is 3. The minimum absolute atomic E-state index is 0.850. The molecule has 0 bridgehead atoms. The lowest BCUT2D eigenvalue weighted by molar-refractivity contribution is -0.115. The van der Waals surface area contributed by atoms with Crippen LogP contribution in [0.2, 0.25) is 0 Å². The van der Waals surface area contributed by atoms with Gasteiger partial charge in [-0.15, -0.1) is 0 Å². The van der Waals surface area contributed by atoms with E-state index in [0.29, 0.717) is 0 Å². The Bertz CT molecular complexity index is 449. The normalized spacial score (nSPS) is 12.9. The number of nitrogens with one attached hydrogen (secondary N) is 3. The summed E-state index contributed by atoms with van der Waals surface area (Å²) in [4.78, 5) is 9.65. The van der Waals surface area contributed by atoms with E-state index < -0.39 is 56.0 Å². The molecular formula is C9H9F9N6. The SMILES string of the molecule is FC(F)(F)CNc1nc(NCC(F)(F)F)nc(NCC(F)(F)F)n1. The molecule has 0 aliphatic rings. The summed E-state index contributed by atoms with van der Waals surface area (Å²) in [6.07, 6.45) is -14.1. The molecule has 0 radical (unpaired) electrons. The highest BCUT2D eigenvalue weighted by Crippen LogP contribution is 2.19. The van der Waals surface area contributed by atoms with Crippen LogP contribution in [0.4, 0.5) is 57.4 Å². The highest BCUT2D eigenvalue weighted by molar-refractivity contribution is 5.42. The third kappa shape index (κ3) is 9.04. The average Bonchev–Trinajstić information content (AvgIpc) is 2.38. The van der Waals surface area contributed by atoms with Crippen molar-refractivity contribution < 1.29 is 39.5 Å². The molecule has 1 rings (SSSR count). The van der Waals surface area contributed by atoms with Crippen LogP contribution in [0.25, 0.3) is 0 Å². The van der Waals surface area contributed by atoms with Gasteiger partial charge in [0.2, 0.25) is 17.8 Å². The van der Waals surface area contributed by atoms with Gasteiger partial charge in [0.05, 0.1) is 0 Å². The number of rotatable bonds is 6. The van der Waals surface area contributed by atoms with Gasteiger partial charge < -0.3 is 16.0 Å². The second-order valence-corrected chi connectivity index (χ2v) is 4.21. The van der Waals surface area contributed by atoms with Crippen LogP contribution in [0.1, 0.15) is 0 Å². The predicted octanol–water partition coefficient (Wildman–Crippen LogP) is 2.79. The van der Waals surface area contributed by atoms with Gasteiger partial charge in [-0.05, 0) is 0 Å². The summed E-state index contributed by atoms with van der Waals surface area (Å²) in [5.41, 5.74) is 0. The standard InChI is InChI=1S/C9H9F9N6/c10-7(11,12)1-19-4-22-5(20-2-8(13,14)15)24-6(23-4)21-3-9(16,17)18/h1-3H2,(H3,19,20,21,22,23,24). The van der Waals surface area contributed by atoms with E-state index in [9.17, 15) is 39.5 Å². The molecule has 0 fully saturated rings. The van der Waals surface area contributed by atoms with Crippen LogP contribution in [0.3, 0.4) is 0 Å². The molecule has 0 spiro atoms. The first-order valence-electron chi connectivity index (χ1n) is 5.91. The van der Waals surface area contributed by atoms with Gasteiger partial charge in [-0.25, -0.2) is 0 Å². The summed E-state index contributed by atoms with van der Waals surface area (Å²) >= 11 is 0. The number of alkyl halides is 9. The smallest absolute Gasteiger partial charge is 0.345 e. The van der Waals surface area contributed by atoms with E-state index >= 15 is 0 Å². The van der Waals surface area contributed by atoms with Gasteiger partial charge in [0.1, 0.15) is 19.6 Å². The van der Waals surface area contributed by atoms with Crippen LogP contribution in [0.15, 0.2) is 0 Å². The lowest BCUT2D eigenvalue weighted by Gasteiger charge is -2.13. The van der Waals surface area contributed by atoms with E-state index in [-0.39, 0.29) is 0 Å². The number of nitrogens with zero attached hydrogens (tertiary/aromatic N) is 3. The van der Waals surface area contributed by atoms with E-state index in [2.05, 4.69) is 15.0 Å². The van der Waals surface area contributed by atoms with Gasteiger partial charge in [0.15, 0.2) is 0 Å². The zero-order chi connectivity index (χ0) is 18.6. The second kappa shape index (κ2) is 7.12. The number of aromatic nitrogens is 3. The van der Waals surface area contributed by atoms with Crippen LogP contribution in [0, 0.1) is 0 Å². The summed E-state index contributed by atoms with van der Waals surface area (Å²) < 4.78 is 109. The summed E-state index contributed by atoms with van der Waals surface area (Å²) in [6.45, 7) is -4.93. The molecule has 0 saturated carbocycles. The van der Waals surface area contributed by atoms with Gasteiger partial charge in [-0.2, -0.15) is 54.5 Å². The Hall–Kier alpha value is -2.22. The first kappa shape index (κ1) is 19.8. The van der Waals surface area contributed by atoms with Crippen LogP contribution in [0.5, 0.6) is 0 Å². The quantitative estimate of drug-likeness (QED) is 0.667. The van der Waals surface area contributed by atoms with E-state index in [1.54, 1.807) is 16.0 Å². The second-order valence-electron chi connectivity index (χ2n) is 4.21. The summed E-state index contributed by atoms with van der Waals surface area (Å²) in [5.74, 6) is -2.55. The Morgan fingerprint density at radius 2 is 0.708 bits per heavy atom. The third-order valence-corrected chi connectivity index (χ3v) is 1.98. The highest BCUT2D eigenvalue weighted by Gasteiger charge is 2.30. The van der Waals surface area contributed by atoms with E-state index in [4.69, 9.17) is 0 Å². The number of halogens is 9. The van der Waals surface area contributed by atoms with E-state index in [1.807, 2.05) is 0 Å². The minimum atomic E-state index is -4.70. The van der Waals surface area contributed by atoms with Crippen LogP contribution in [-0.2, 0) is 0 Å². The van der Waals surface area contributed by atoms with Crippen LogP contribution in [-0.4, -0.2) is 53.1 Å². The zero-order valence-electron chi connectivity index (χ0n) is 11.4. The number of hydrogen-bond acceptors (Lipinski definition) is 6. The fourth-order valence-electron chi connectivity index (χ4n) is 1.15. The van der Waals surface area contributed by atoms with Gasteiger partial charge in [0, 0.05) is 0 Å². The topological polar surface area (TPSA) is 74.8 Å². The predicted molar refractivity (Wildman–Crippen MR) is 63.5 cm³/mol. The molecule has 3 N–H and O–H groups in total. The molecule has 1 aromatic heterocycles. The van der Waals surface area contributed by atoms with Crippen molar-refractivity contribution in [1.29, 1.82) is 0 Å². The molecule has 0 aliphatic carbocycles. The fourth-order valence-corrected chi connectivity index (χ4v) is 1.15. The molecule has 0 saturated heterocycles. The molecule has 0 unspecified atom stereocenters. The molecular weight excluding hydrogens is 363 g/mol.